The van der Waals surface area contributed by atoms with Crippen molar-refractivity contribution in [2.45, 2.75) is 30.7 Å². The van der Waals surface area contributed by atoms with E-state index in [2.05, 4.69) is 4.98 Å². The maximum Gasteiger partial charge on any atom is 0.229 e. The molecule has 5 atom stereocenters. The quantitative estimate of drug-likeness (QED) is 0.521. The average molecular weight is 313 g/mol. The highest BCUT2D eigenvalue weighted by molar-refractivity contribution is 5.86. The number of aliphatic hydroxyl groups is 4. The van der Waals surface area contributed by atoms with Crippen LogP contribution in [-0.4, -0.2) is 62.7 Å². The van der Waals surface area contributed by atoms with Crippen LogP contribution < -0.4 is 4.74 Å². The van der Waals surface area contributed by atoms with Gasteiger partial charge in [0.05, 0.1) is 6.61 Å². The lowest BCUT2D eigenvalue weighted by Crippen LogP contribution is -2.60. The lowest BCUT2D eigenvalue weighted by molar-refractivity contribution is -0.277. The van der Waals surface area contributed by atoms with E-state index in [4.69, 9.17) is 14.6 Å². The van der Waals surface area contributed by atoms with Crippen molar-refractivity contribution < 1.29 is 34.3 Å². The van der Waals surface area contributed by atoms with Crippen LogP contribution >= 0.6 is 0 Å². The number of hydrogen-bond acceptors (Lipinski definition) is 6. The number of H-pyrrole nitrogens is 1. The third-order valence-electron chi connectivity index (χ3n) is 3.70. The van der Waals surface area contributed by atoms with E-state index in [1.807, 2.05) is 0 Å². The summed E-state index contributed by atoms with van der Waals surface area (Å²) in [6.45, 7) is -0.548. The van der Waals surface area contributed by atoms with Crippen LogP contribution in [0, 0.1) is 5.82 Å². The molecule has 1 aliphatic heterocycles. The smallest absolute Gasteiger partial charge is 0.229 e. The lowest BCUT2D eigenvalue weighted by atomic mass is 9.99. The summed E-state index contributed by atoms with van der Waals surface area (Å²) in [5, 5.41) is 38.9. The summed E-state index contributed by atoms with van der Waals surface area (Å²) >= 11 is 0. The molecule has 120 valence electrons. The Kier molecular flexibility index (Phi) is 4.02. The van der Waals surface area contributed by atoms with Crippen molar-refractivity contribution in [1.82, 2.24) is 4.98 Å². The van der Waals surface area contributed by atoms with Gasteiger partial charge in [0.15, 0.2) is 0 Å². The summed E-state index contributed by atoms with van der Waals surface area (Å²) in [5.41, 5.74) is 0.626. The number of hydrogen-bond donors (Lipinski definition) is 5. The number of rotatable bonds is 3. The number of halogens is 1. The van der Waals surface area contributed by atoms with Crippen LogP contribution in [0.4, 0.5) is 4.39 Å². The third kappa shape index (κ3) is 2.55. The first-order valence-electron chi connectivity index (χ1n) is 6.75. The van der Waals surface area contributed by atoms with Crippen LogP contribution in [0.3, 0.4) is 0 Å². The fourth-order valence-electron chi connectivity index (χ4n) is 2.45. The Morgan fingerprint density at radius 2 is 1.95 bits per heavy atom. The van der Waals surface area contributed by atoms with Gasteiger partial charge >= 0.3 is 0 Å². The molecular weight excluding hydrogens is 297 g/mol. The van der Waals surface area contributed by atoms with Crippen LogP contribution in [0.2, 0.25) is 0 Å². The van der Waals surface area contributed by atoms with Gasteiger partial charge in [-0.3, -0.25) is 0 Å². The molecule has 2 heterocycles. The molecule has 1 aromatic heterocycles. The number of ether oxygens (including phenoxy) is 2. The molecule has 0 saturated carbocycles. The minimum absolute atomic E-state index is 0.221. The molecule has 8 heteroatoms. The predicted molar refractivity (Wildman–Crippen MR) is 72.7 cm³/mol. The van der Waals surface area contributed by atoms with E-state index in [1.54, 1.807) is 0 Å². The first-order chi connectivity index (χ1) is 10.5. The molecule has 1 aliphatic rings. The predicted octanol–water partition coefficient (Wildman–Crippen LogP) is -0.514. The SMILES string of the molecule is OC[C@H]1O[C@@H](Oc2c[nH]c3ccc(F)cc23)[C@H](O)[C@@H](O)[C@@H]1O. The second kappa shape index (κ2) is 5.82. The topological polar surface area (TPSA) is 115 Å². The van der Waals surface area contributed by atoms with Crippen LogP contribution in [0.1, 0.15) is 0 Å². The van der Waals surface area contributed by atoms with Crippen molar-refractivity contribution in [2.75, 3.05) is 6.61 Å². The largest absolute Gasteiger partial charge is 0.460 e. The van der Waals surface area contributed by atoms with Gasteiger partial charge in [-0.2, -0.15) is 0 Å². The zero-order chi connectivity index (χ0) is 15.9. The van der Waals surface area contributed by atoms with Gasteiger partial charge in [-0.25, -0.2) is 4.39 Å². The van der Waals surface area contributed by atoms with Gasteiger partial charge in [0.25, 0.3) is 0 Å². The third-order valence-corrected chi connectivity index (χ3v) is 3.70. The Labute approximate surface area is 124 Å². The molecule has 1 fully saturated rings. The Hall–Kier alpha value is -1.71. The minimum atomic E-state index is -1.53. The highest BCUT2D eigenvalue weighted by Gasteiger charge is 2.44. The molecule has 5 N–H and O–H groups in total. The molecule has 3 rings (SSSR count). The molecule has 0 radical (unpaired) electrons. The second-order valence-electron chi connectivity index (χ2n) is 5.16. The van der Waals surface area contributed by atoms with Crippen molar-refractivity contribution in [1.29, 1.82) is 0 Å². The molecule has 22 heavy (non-hydrogen) atoms. The van der Waals surface area contributed by atoms with Crippen molar-refractivity contribution in [2.24, 2.45) is 0 Å². The van der Waals surface area contributed by atoms with Crippen molar-refractivity contribution in [3.63, 3.8) is 0 Å². The first-order valence-corrected chi connectivity index (χ1v) is 6.75. The summed E-state index contributed by atoms with van der Waals surface area (Å²) in [4.78, 5) is 2.87. The lowest BCUT2D eigenvalue weighted by Gasteiger charge is -2.39. The fraction of sp³-hybridized carbons (Fsp3) is 0.429. The van der Waals surface area contributed by atoms with E-state index in [-0.39, 0.29) is 5.75 Å². The highest BCUT2D eigenvalue weighted by Crippen LogP contribution is 2.30. The van der Waals surface area contributed by atoms with Gasteiger partial charge < -0.3 is 34.9 Å². The fourth-order valence-corrected chi connectivity index (χ4v) is 2.45. The number of aromatic amines is 1. The van der Waals surface area contributed by atoms with E-state index in [9.17, 15) is 19.7 Å². The van der Waals surface area contributed by atoms with Gasteiger partial charge in [-0.1, -0.05) is 0 Å². The standard InChI is InChI=1S/C14H16FNO6/c15-6-1-2-8-7(3-6)9(4-16-8)21-14-13(20)12(19)11(18)10(5-17)22-14/h1-4,10-14,16-20H,5H2/t10-,11-,12+,13-,14-/m1/s1. The van der Waals surface area contributed by atoms with E-state index in [0.29, 0.717) is 10.9 Å². The Balaban J connectivity index is 1.85. The Morgan fingerprint density at radius 3 is 2.68 bits per heavy atom. The second-order valence-corrected chi connectivity index (χ2v) is 5.16. The van der Waals surface area contributed by atoms with Crippen LogP contribution in [0.25, 0.3) is 10.9 Å². The summed E-state index contributed by atoms with van der Waals surface area (Å²) in [7, 11) is 0. The van der Waals surface area contributed by atoms with Gasteiger partial charge in [0, 0.05) is 17.1 Å². The van der Waals surface area contributed by atoms with Crippen LogP contribution in [0.5, 0.6) is 5.75 Å². The van der Waals surface area contributed by atoms with Crippen LogP contribution in [-0.2, 0) is 4.74 Å². The summed E-state index contributed by atoms with van der Waals surface area (Å²) in [6.07, 6.45) is -5.41. The number of aromatic nitrogens is 1. The molecule has 1 saturated heterocycles. The maximum atomic E-state index is 13.3. The molecule has 0 unspecified atom stereocenters. The molecule has 0 bridgehead atoms. The molecule has 0 aliphatic carbocycles. The monoisotopic (exact) mass is 313 g/mol. The van der Waals surface area contributed by atoms with Gasteiger partial charge in [0.1, 0.15) is 36.0 Å². The molecule has 0 amide bonds. The Bertz CT molecular complexity index is 660. The molecule has 0 spiro atoms. The van der Waals surface area contributed by atoms with Crippen LogP contribution in [0.15, 0.2) is 24.4 Å². The minimum Gasteiger partial charge on any atom is -0.460 e. The van der Waals surface area contributed by atoms with Crippen molar-refractivity contribution in [3.8, 4) is 5.75 Å². The van der Waals surface area contributed by atoms with Gasteiger partial charge in [-0.15, -0.1) is 0 Å². The number of nitrogens with one attached hydrogen (secondary N) is 1. The van der Waals surface area contributed by atoms with E-state index in [0.717, 1.165) is 0 Å². The van der Waals surface area contributed by atoms with Crippen molar-refractivity contribution in [3.05, 3.63) is 30.2 Å². The summed E-state index contributed by atoms with van der Waals surface area (Å²) < 4.78 is 24.0. The van der Waals surface area contributed by atoms with Gasteiger partial charge in [0.2, 0.25) is 6.29 Å². The summed E-state index contributed by atoms with van der Waals surface area (Å²) in [6, 6.07) is 4.08. The van der Waals surface area contributed by atoms with Crippen molar-refractivity contribution >= 4 is 10.9 Å². The van der Waals surface area contributed by atoms with E-state index < -0.39 is 43.1 Å². The molecule has 7 nitrogen and oxygen atoms in total. The maximum absolute atomic E-state index is 13.3. The zero-order valence-electron chi connectivity index (χ0n) is 11.4. The summed E-state index contributed by atoms with van der Waals surface area (Å²) in [5.74, 6) is -0.232. The first kappa shape index (κ1) is 15.2. The molecule has 2 aromatic rings. The number of aliphatic hydroxyl groups excluding tert-OH is 4. The zero-order valence-corrected chi connectivity index (χ0v) is 11.4. The van der Waals surface area contributed by atoms with E-state index >= 15 is 0 Å². The van der Waals surface area contributed by atoms with E-state index in [1.165, 1.54) is 24.4 Å². The average Bonchev–Trinajstić information content (AvgIpc) is 2.90. The number of fused-ring (bicyclic) bond motifs is 1. The van der Waals surface area contributed by atoms with Gasteiger partial charge in [-0.05, 0) is 18.2 Å². The number of benzene rings is 1. The highest BCUT2D eigenvalue weighted by atomic mass is 19.1. The molecule has 1 aromatic carbocycles. The normalized spacial score (nSPS) is 32.3. The molecular formula is C14H16FNO6. The Morgan fingerprint density at radius 1 is 1.18 bits per heavy atom.